The maximum atomic E-state index is 13.1. The molecule has 1 unspecified atom stereocenters. The van der Waals surface area contributed by atoms with Crippen LogP contribution in [0.15, 0.2) is 54.6 Å². The van der Waals surface area contributed by atoms with Gasteiger partial charge in [0, 0.05) is 23.7 Å². The lowest BCUT2D eigenvalue weighted by atomic mass is 9.96. The van der Waals surface area contributed by atoms with Crippen molar-refractivity contribution in [3.8, 4) is 5.69 Å². The van der Waals surface area contributed by atoms with Crippen molar-refractivity contribution < 1.29 is 9.59 Å². The number of hydrogen-bond acceptors (Lipinski definition) is 3. The van der Waals surface area contributed by atoms with E-state index in [4.69, 9.17) is 11.6 Å². The van der Waals surface area contributed by atoms with E-state index < -0.39 is 0 Å². The molecular weight excluding hydrogens is 412 g/mol. The van der Waals surface area contributed by atoms with E-state index >= 15 is 0 Å². The molecule has 4 rings (SSSR count). The number of halogens is 1. The number of nitrogens with zero attached hydrogens (tertiary/aromatic N) is 3. The zero-order chi connectivity index (χ0) is 22.0. The molecule has 2 heterocycles. The molecule has 1 aliphatic heterocycles. The number of piperidine rings is 1. The summed E-state index contributed by atoms with van der Waals surface area (Å²) in [4.78, 5) is 27.7. The van der Waals surface area contributed by atoms with Gasteiger partial charge in [0.05, 0.1) is 28.7 Å². The summed E-state index contributed by atoms with van der Waals surface area (Å²) in [6.07, 6.45) is 1.54. The Labute approximate surface area is 186 Å². The fourth-order valence-corrected chi connectivity index (χ4v) is 4.15. The van der Waals surface area contributed by atoms with Crippen LogP contribution < -0.4 is 5.32 Å². The first kappa shape index (κ1) is 21.1. The Bertz CT molecular complexity index is 1090. The van der Waals surface area contributed by atoms with E-state index in [0.717, 1.165) is 35.6 Å². The second-order valence-corrected chi connectivity index (χ2v) is 8.32. The Morgan fingerprint density at radius 1 is 1.06 bits per heavy atom. The number of benzene rings is 2. The van der Waals surface area contributed by atoms with Crippen LogP contribution in [-0.2, 0) is 4.79 Å². The minimum Gasteiger partial charge on any atom is -0.338 e. The first-order valence-corrected chi connectivity index (χ1v) is 10.8. The van der Waals surface area contributed by atoms with Gasteiger partial charge in [-0.2, -0.15) is 5.10 Å². The molecule has 1 aromatic heterocycles. The van der Waals surface area contributed by atoms with Crippen molar-refractivity contribution in [3.05, 3.63) is 76.6 Å². The first-order valence-electron chi connectivity index (χ1n) is 10.4. The van der Waals surface area contributed by atoms with E-state index in [2.05, 4.69) is 10.4 Å². The average Bonchev–Trinajstić information content (AvgIpc) is 3.08. The number of aromatic nitrogens is 2. The predicted octanol–water partition coefficient (Wildman–Crippen LogP) is 4.63. The Hall–Kier alpha value is -3.12. The maximum absolute atomic E-state index is 13.1. The molecule has 31 heavy (non-hydrogen) atoms. The maximum Gasteiger partial charge on any atom is 0.253 e. The van der Waals surface area contributed by atoms with E-state index in [1.807, 2.05) is 48.9 Å². The molecule has 1 saturated heterocycles. The highest BCUT2D eigenvalue weighted by Crippen LogP contribution is 2.26. The quantitative estimate of drug-likeness (QED) is 0.648. The predicted molar refractivity (Wildman–Crippen MR) is 122 cm³/mol. The minimum absolute atomic E-state index is 0.0709. The summed E-state index contributed by atoms with van der Waals surface area (Å²) in [5, 5.41) is 8.25. The summed E-state index contributed by atoms with van der Waals surface area (Å²) >= 11 is 5.93. The molecule has 1 N–H and O–H groups in total. The van der Waals surface area contributed by atoms with Gasteiger partial charge in [-0.3, -0.25) is 9.59 Å². The molecule has 0 spiro atoms. The van der Waals surface area contributed by atoms with Crippen LogP contribution in [0.25, 0.3) is 5.69 Å². The zero-order valence-corrected chi connectivity index (χ0v) is 18.4. The molecule has 2 amide bonds. The van der Waals surface area contributed by atoms with Gasteiger partial charge in [0.1, 0.15) is 0 Å². The molecule has 0 aliphatic carbocycles. The number of rotatable bonds is 4. The third-order valence-electron chi connectivity index (χ3n) is 5.71. The number of carbonyl (C=O) groups is 2. The normalized spacial score (nSPS) is 16.2. The molecule has 1 aliphatic rings. The van der Waals surface area contributed by atoms with Gasteiger partial charge in [-0.15, -0.1) is 0 Å². The average molecular weight is 437 g/mol. The van der Waals surface area contributed by atoms with Crippen molar-refractivity contribution >= 4 is 29.1 Å². The standard InChI is InChI=1S/C24H25ClN4O2/c1-16-22(17(2)29(27-16)21-8-4-3-5-9-21)26-23(30)19-7-6-14-28(15-19)24(31)18-10-12-20(25)13-11-18/h3-5,8-13,19H,6-7,14-15H2,1-2H3,(H,26,30). The van der Waals surface area contributed by atoms with Gasteiger partial charge >= 0.3 is 0 Å². The summed E-state index contributed by atoms with van der Waals surface area (Å²) in [5.74, 6) is -0.408. The smallest absolute Gasteiger partial charge is 0.253 e. The van der Waals surface area contributed by atoms with Gasteiger partial charge in [0.2, 0.25) is 5.91 Å². The largest absolute Gasteiger partial charge is 0.338 e. The topological polar surface area (TPSA) is 67.2 Å². The third kappa shape index (κ3) is 4.49. The number of aryl methyl sites for hydroxylation is 1. The van der Waals surface area contributed by atoms with Gasteiger partial charge in [0.25, 0.3) is 5.91 Å². The van der Waals surface area contributed by atoms with E-state index in [1.165, 1.54) is 0 Å². The van der Waals surface area contributed by atoms with Crippen LogP contribution in [0.1, 0.15) is 34.6 Å². The van der Waals surface area contributed by atoms with Gasteiger partial charge in [0.15, 0.2) is 0 Å². The zero-order valence-electron chi connectivity index (χ0n) is 17.6. The van der Waals surface area contributed by atoms with Crippen molar-refractivity contribution in [2.45, 2.75) is 26.7 Å². The number of likely N-dealkylation sites (tertiary alicyclic amines) is 1. The van der Waals surface area contributed by atoms with Crippen LogP contribution >= 0.6 is 11.6 Å². The Balaban J connectivity index is 1.47. The molecule has 0 saturated carbocycles. The second-order valence-electron chi connectivity index (χ2n) is 7.88. The Morgan fingerprint density at radius 2 is 1.77 bits per heavy atom. The molecule has 2 aromatic carbocycles. The fraction of sp³-hybridized carbons (Fsp3) is 0.292. The number of nitrogens with one attached hydrogen (secondary N) is 1. The van der Waals surface area contributed by atoms with Crippen molar-refractivity contribution in [1.82, 2.24) is 14.7 Å². The van der Waals surface area contributed by atoms with Crippen molar-refractivity contribution in [2.24, 2.45) is 5.92 Å². The molecule has 6 nitrogen and oxygen atoms in total. The van der Waals surface area contributed by atoms with Crippen LogP contribution in [0.5, 0.6) is 0 Å². The van der Waals surface area contributed by atoms with E-state index in [1.54, 1.807) is 29.2 Å². The van der Waals surface area contributed by atoms with E-state index in [-0.39, 0.29) is 17.7 Å². The molecule has 0 radical (unpaired) electrons. The highest BCUT2D eigenvalue weighted by molar-refractivity contribution is 6.30. The lowest BCUT2D eigenvalue weighted by Crippen LogP contribution is -2.43. The van der Waals surface area contributed by atoms with E-state index in [0.29, 0.717) is 23.7 Å². The molecule has 0 bridgehead atoms. The van der Waals surface area contributed by atoms with Crippen LogP contribution in [0.3, 0.4) is 0 Å². The highest BCUT2D eigenvalue weighted by atomic mass is 35.5. The molecular formula is C24H25ClN4O2. The van der Waals surface area contributed by atoms with Crippen LogP contribution in [0.4, 0.5) is 5.69 Å². The lowest BCUT2D eigenvalue weighted by Gasteiger charge is -2.32. The number of hydrogen-bond donors (Lipinski definition) is 1. The fourth-order valence-electron chi connectivity index (χ4n) is 4.02. The minimum atomic E-state index is -0.260. The monoisotopic (exact) mass is 436 g/mol. The van der Waals surface area contributed by atoms with Crippen LogP contribution in [0.2, 0.25) is 5.02 Å². The van der Waals surface area contributed by atoms with Crippen molar-refractivity contribution in [2.75, 3.05) is 18.4 Å². The van der Waals surface area contributed by atoms with Gasteiger partial charge in [-0.05, 0) is 63.1 Å². The SMILES string of the molecule is Cc1nn(-c2ccccc2)c(C)c1NC(=O)C1CCCN(C(=O)c2ccc(Cl)cc2)C1. The van der Waals surface area contributed by atoms with Crippen LogP contribution in [0, 0.1) is 19.8 Å². The number of anilines is 1. The molecule has 3 aromatic rings. The van der Waals surface area contributed by atoms with Gasteiger partial charge in [-0.25, -0.2) is 4.68 Å². The van der Waals surface area contributed by atoms with E-state index in [9.17, 15) is 9.59 Å². The van der Waals surface area contributed by atoms with Crippen LogP contribution in [-0.4, -0.2) is 39.6 Å². The summed E-state index contributed by atoms with van der Waals surface area (Å²) in [5.41, 5.74) is 3.90. The molecule has 1 atom stereocenters. The highest BCUT2D eigenvalue weighted by Gasteiger charge is 2.30. The van der Waals surface area contributed by atoms with Crippen molar-refractivity contribution in [1.29, 1.82) is 0 Å². The summed E-state index contributed by atoms with van der Waals surface area (Å²) in [6.45, 7) is 4.88. The second kappa shape index (κ2) is 8.94. The summed E-state index contributed by atoms with van der Waals surface area (Å²) < 4.78 is 1.84. The number of carbonyl (C=O) groups excluding carboxylic acids is 2. The molecule has 7 heteroatoms. The number of amides is 2. The van der Waals surface area contributed by atoms with Crippen molar-refractivity contribution in [3.63, 3.8) is 0 Å². The van der Waals surface area contributed by atoms with Gasteiger partial charge < -0.3 is 10.2 Å². The third-order valence-corrected chi connectivity index (χ3v) is 5.96. The number of para-hydroxylation sites is 1. The van der Waals surface area contributed by atoms with Gasteiger partial charge in [-0.1, -0.05) is 29.8 Å². The summed E-state index contributed by atoms with van der Waals surface area (Å²) in [6, 6.07) is 16.7. The first-order chi connectivity index (χ1) is 14.9. The molecule has 160 valence electrons. The summed E-state index contributed by atoms with van der Waals surface area (Å²) in [7, 11) is 0. The lowest BCUT2D eigenvalue weighted by molar-refractivity contribution is -0.121. The Morgan fingerprint density at radius 3 is 2.48 bits per heavy atom. The Kier molecular flexibility index (Phi) is 6.09. The molecule has 1 fully saturated rings.